The molecule has 0 aromatic heterocycles. The molecule has 0 radical (unpaired) electrons. The Bertz CT molecular complexity index is 432. The molecule has 0 amide bonds. The van der Waals surface area contributed by atoms with Crippen molar-refractivity contribution in [2.24, 2.45) is 11.8 Å². The zero-order valence-corrected chi connectivity index (χ0v) is 10.0. The van der Waals surface area contributed by atoms with Crippen LogP contribution in [0.1, 0.15) is 30.9 Å². The second-order valence-electron chi connectivity index (χ2n) is 4.86. The fourth-order valence-electron chi connectivity index (χ4n) is 2.08. The lowest BCUT2D eigenvalue weighted by Gasteiger charge is -2.12. The Morgan fingerprint density at radius 2 is 2.29 bits per heavy atom. The molecule has 90 valence electrons. The van der Waals surface area contributed by atoms with Gasteiger partial charge < -0.3 is 5.32 Å². The van der Waals surface area contributed by atoms with E-state index in [1.54, 1.807) is 0 Å². The molecular weight excluding hydrogens is 215 g/mol. The summed E-state index contributed by atoms with van der Waals surface area (Å²) in [6.45, 7) is 3.74. The van der Waals surface area contributed by atoms with Crippen LogP contribution in [0.2, 0.25) is 0 Å². The smallest absolute Gasteiger partial charge is 0.123 e. The molecular formula is C14H17FN2. The molecule has 1 aliphatic carbocycles. The third kappa shape index (κ3) is 3.28. The minimum Gasteiger partial charge on any atom is -0.312 e. The summed E-state index contributed by atoms with van der Waals surface area (Å²) in [5.41, 5.74) is 1.30. The molecule has 1 fully saturated rings. The molecule has 1 saturated carbocycles. The maximum absolute atomic E-state index is 13.1. The van der Waals surface area contributed by atoms with E-state index in [-0.39, 0.29) is 5.82 Å². The van der Waals surface area contributed by atoms with Crippen molar-refractivity contribution in [2.45, 2.75) is 26.3 Å². The van der Waals surface area contributed by atoms with Gasteiger partial charge in [0.25, 0.3) is 0 Å². The third-order valence-electron chi connectivity index (χ3n) is 3.40. The molecule has 1 aromatic carbocycles. The zero-order valence-electron chi connectivity index (χ0n) is 10.0. The van der Waals surface area contributed by atoms with Crippen LogP contribution in [0.25, 0.3) is 0 Å². The maximum atomic E-state index is 13.1. The SMILES string of the molecule is CC(CNCc1cc(F)ccc1C#N)C1CC1. The minimum atomic E-state index is -0.281. The minimum absolute atomic E-state index is 0.281. The van der Waals surface area contributed by atoms with Crippen molar-refractivity contribution < 1.29 is 4.39 Å². The largest absolute Gasteiger partial charge is 0.312 e. The molecule has 0 spiro atoms. The number of hydrogen-bond donors (Lipinski definition) is 1. The molecule has 17 heavy (non-hydrogen) atoms. The standard InChI is InChI=1S/C14H17FN2/c1-10(11-2-3-11)8-17-9-13-6-14(15)5-4-12(13)7-16/h4-6,10-11,17H,2-3,8-9H2,1H3. The van der Waals surface area contributed by atoms with Crippen LogP contribution in [-0.2, 0) is 6.54 Å². The predicted octanol–water partition coefficient (Wildman–Crippen LogP) is 2.83. The van der Waals surface area contributed by atoms with Crippen LogP contribution in [0.4, 0.5) is 4.39 Å². The first kappa shape index (κ1) is 12.1. The summed E-state index contributed by atoms with van der Waals surface area (Å²) < 4.78 is 13.1. The molecule has 0 heterocycles. The normalized spacial score (nSPS) is 16.5. The number of hydrogen-bond acceptors (Lipinski definition) is 2. The van der Waals surface area contributed by atoms with Crippen LogP contribution in [-0.4, -0.2) is 6.54 Å². The Morgan fingerprint density at radius 3 is 2.94 bits per heavy atom. The Morgan fingerprint density at radius 1 is 1.53 bits per heavy atom. The van der Waals surface area contributed by atoms with Crippen LogP contribution in [0, 0.1) is 29.0 Å². The summed E-state index contributed by atoms with van der Waals surface area (Å²) in [4.78, 5) is 0. The van der Waals surface area contributed by atoms with Crippen molar-refractivity contribution >= 4 is 0 Å². The predicted molar refractivity (Wildman–Crippen MR) is 64.7 cm³/mol. The van der Waals surface area contributed by atoms with Crippen LogP contribution >= 0.6 is 0 Å². The number of rotatable bonds is 5. The first-order valence-electron chi connectivity index (χ1n) is 6.10. The van der Waals surface area contributed by atoms with Gasteiger partial charge in [0.05, 0.1) is 11.6 Å². The van der Waals surface area contributed by atoms with Gasteiger partial charge in [0.2, 0.25) is 0 Å². The van der Waals surface area contributed by atoms with E-state index in [4.69, 9.17) is 5.26 Å². The van der Waals surface area contributed by atoms with Crippen molar-refractivity contribution in [3.8, 4) is 6.07 Å². The van der Waals surface area contributed by atoms with Gasteiger partial charge >= 0.3 is 0 Å². The van der Waals surface area contributed by atoms with Crippen LogP contribution < -0.4 is 5.32 Å². The molecule has 0 saturated heterocycles. The van der Waals surface area contributed by atoms with Gasteiger partial charge in [-0.05, 0) is 55.0 Å². The van der Waals surface area contributed by atoms with E-state index in [2.05, 4.69) is 18.3 Å². The van der Waals surface area contributed by atoms with E-state index in [0.29, 0.717) is 18.0 Å². The molecule has 3 heteroatoms. The highest BCUT2D eigenvalue weighted by atomic mass is 19.1. The Kier molecular flexibility index (Phi) is 3.75. The van der Waals surface area contributed by atoms with E-state index >= 15 is 0 Å². The first-order valence-corrected chi connectivity index (χ1v) is 6.10. The molecule has 1 aliphatic rings. The summed E-state index contributed by atoms with van der Waals surface area (Å²) in [5.74, 6) is 1.26. The summed E-state index contributed by atoms with van der Waals surface area (Å²) in [5, 5.41) is 12.2. The molecule has 0 aliphatic heterocycles. The maximum Gasteiger partial charge on any atom is 0.123 e. The molecule has 1 atom stereocenters. The van der Waals surface area contributed by atoms with Gasteiger partial charge in [0, 0.05) is 6.54 Å². The van der Waals surface area contributed by atoms with E-state index in [0.717, 1.165) is 18.0 Å². The first-order chi connectivity index (χ1) is 8.20. The van der Waals surface area contributed by atoms with Gasteiger partial charge in [-0.3, -0.25) is 0 Å². The van der Waals surface area contributed by atoms with Crippen molar-refractivity contribution in [1.29, 1.82) is 5.26 Å². The fourth-order valence-corrected chi connectivity index (χ4v) is 2.08. The topological polar surface area (TPSA) is 35.8 Å². The van der Waals surface area contributed by atoms with Crippen molar-refractivity contribution in [1.82, 2.24) is 5.32 Å². The lowest BCUT2D eigenvalue weighted by Crippen LogP contribution is -2.22. The number of benzene rings is 1. The Hall–Kier alpha value is -1.40. The van der Waals surface area contributed by atoms with E-state index in [1.165, 1.54) is 31.0 Å². The lowest BCUT2D eigenvalue weighted by atomic mass is 10.1. The van der Waals surface area contributed by atoms with Gasteiger partial charge in [-0.2, -0.15) is 5.26 Å². The number of nitriles is 1. The highest BCUT2D eigenvalue weighted by Gasteiger charge is 2.27. The van der Waals surface area contributed by atoms with Gasteiger partial charge in [0.1, 0.15) is 5.82 Å². The summed E-state index contributed by atoms with van der Waals surface area (Å²) in [6.07, 6.45) is 2.68. The van der Waals surface area contributed by atoms with E-state index in [1.807, 2.05) is 0 Å². The Balaban J connectivity index is 1.89. The van der Waals surface area contributed by atoms with Gasteiger partial charge in [-0.15, -0.1) is 0 Å². The van der Waals surface area contributed by atoms with Crippen LogP contribution in [0.3, 0.4) is 0 Å². The van der Waals surface area contributed by atoms with Crippen molar-refractivity contribution in [3.63, 3.8) is 0 Å². The molecule has 1 aromatic rings. The molecule has 1 N–H and O–H groups in total. The van der Waals surface area contributed by atoms with Gasteiger partial charge in [-0.25, -0.2) is 4.39 Å². The van der Waals surface area contributed by atoms with Crippen LogP contribution in [0.5, 0.6) is 0 Å². The van der Waals surface area contributed by atoms with Gasteiger partial charge in [0.15, 0.2) is 0 Å². The number of nitrogens with one attached hydrogen (secondary N) is 1. The second kappa shape index (κ2) is 5.29. The quantitative estimate of drug-likeness (QED) is 0.847. The second-order valence-corrected chi connectivity index (χ2v) is 4.86. The lowest BCUT2D eigenvalue weighted by molar-refractivity contribution is 0.461. The molecule has 2 nitrogen and oxygen atoms in total. The number of halogens is 1. The highest BCUT2D eigenvalue weighted by molar-refractivity contribution is 5.37. The molecule has 0 bridgehead atoms. The van der Waals surface area contributed by atoms with Gasteiger partial charge in [-0.1, -0.05) is 6.92 Å². The zero-order chi connectivity index (χ0) is 12.3. The fraction of sp³-hybridized carbons (Fsp3) is 0.500. The highest BCUT2D eigenvalue weighted by Crippen LogP contribution is 2.36. The van der Waals surface area contributed by atoms with E-state index in [9.17, 15) is 4.39 Å². The molecule has 2 rings (SSSR count). The summed E-state index contributed by atoms with van der Waals surface area (Å²) in [7, 11) is 0. The van der Waals surface area contributed by atoms with E-state index < -0.39 is 0 Å². The van der Waals surface area contributed by atoms with Crippen molar-refractivity contribution in [3.05, 3.63) is 35.1 Å². The summed E-state index contributed by atoms with van der Waals surface area (Å²) in [6, 6.07) is 6.39. The number of nitrogens with zero attached hydrogens (tertiary/aromatic N) is 1. The third-order valence-corrected chi connectivity index (χ3v) is 3.40. The Labute approximate surface area is 101 Å². The molecule has 1 unspecified atom stereocenters. The van der Waals surface area contributed by atoms with Crippen LogP contribution in [0.15, 0.2) is 18.2 Å². The van der Waals surface area contributed by atoms with Crippen molar-refractivity contribution in [2.75, 3.05) is 6.54 Å². The monoisotopic (exact) mass is 232 g/mol. The average Bonchev–Trinajstić information content (AvgIpc) is 3.13. The average molecular weight is 232 g/mol. The summed E-state index contributed by atoms with van der Waals surface area (Å²) >= 11 is 0.